The highest BCUT2D eigenvalue weighted by Gasteiger charge is 2.56. The average Bonchev–Trinajstić information content (AvgIpc) is 3.09. The number of esters is 1. The number of phenolic OH excluding ortho intramolecular Hbond substituents is 1. The summed E-state index contributed by atoms with van der Waals surface area (Å²) < 4.78 is 11.5. The molecule has 3 aliphatic rings. The molecule has 3 aliphatic carbocycles. The predicted octanol–water partition coefficient (Wildman–Crippen LogP) is 5.48. The minimum Gasteiger partial charge on any atom is -0.504 e. The van der Waals surface area contributed by atoms with Crippen molar-refractivity contribution < 1.29 is 19.4 Å². The fourth-order valence-corrected chi connectivity index (χ4v) is 6.67. The molecule has 0 aromatic heterocycles. The molecule has 1 N–H and O–H groups in total. The maximum absolute atomic E-state index is 12.7. The molecule has 4 nitrogen and oxygen atoms in total. The number of aromatic hydroxyl groups is 1. The fraction of sp³-hybridized carbons (Fsp3) is 0.500. The lowest BCUT2D eigenvalue weighted by atomic mass is 9.55. The second-order valence-electron chi connectivity index (χ2n) is 9.52. The monoisotopic (exact) mass is 406 g/mol. The SMILES string of the molecule is COc1cc2c(cc1O)CC[C@@H]1[C@@H]2CC[C@]2(C)[C@@H](OC(=O)c3ccccc3)CC[C@@H]12. The van der Waals surface area contributed by atoms with Gasteiger partial charge in [-0.1, -0.05) is 25.1 Å². The highest BCUT2D eigenvalue weighted by molar-refractivity contribution is 5.89. The van der Waals surface area contributed by atoms with Crippen molar-refractivity contribution in [2.24, 2.45) is 17.3 Å². The molecule has 5 rings (SSSR count). The topological polar surface area (TPSA) is 55.8 Å². The normalized spacial score (nSPS) is 31.9. The summed E-state index contributed by atoms with van der Waals surface area (Å²) in [6, 6.07) is 13.3. The number of benzene rings is 2. The molecule has 2 aromatic carbocycles. The lowest BCUT2D eigenvalue weighted by Crippen LogP contribution is -2.45. The predicted molar refractivity (Wildman–Crippen MR) is 115 cm³/mol. The Bertz CT molecular complexity index is 953. The minimum atomic E-state index is -0.196. The van der Waals surface area contributed by atoms with E-state index in [1.165, 1.54) is 11.1 Å². The van der Waals surface area contributed by atoms with Gasteiger partial charge in [-0.25, -0.2) is 4.79 Å². The first-order valence-corrected chi connectivity index (χ1v) is 11.2. The lowest BCUT2D eigenvalue weighted by molar-refractivity contribution is -0.0428. The van der Waals surface area contributed by atoms with Gasteiger partial charge in [-0.05, 0) is 91.7 Å². The Labute approximate surface area is 178 Å². The van der Waals surface area contributed by atoms with Crippen LogP contribution in [-0.4, -0.2) is 24.3 Å². The number of phenols is 1. The van der Waals surface area contributed by atoms with Crippen LogP contribution < -0.4 is 4.74 Å². The molecule has 0 saturated heterocycles. The maximum atomic E-state index is 12.7. The summed E-state index contributed by atoms with van der Waals surface area (Å²) in [5.41, 5.74) is 3.30. The zero-order chi connectivity index (χ0) is 20.9. The number of rotatable bonds is 3. The van der Waals surface area contributed by atoms with Gasteiger partial charge in [0.15, 0.2) is 11.5 Å². The Morgan fingerprint density at radius 3 is 2.67 bits per heavy atom. The van der Waals surface area contributed by atoms with Crippen LogP contribution in [0.1, 0.15) is 66.4 Å². The van der Waals surface area contributed by atoms with E-state index in [2.05, 4.69) is 13.0 Å². The van der Waals surface area contributed by atoms with Crippen LogP contribution >= 0.6 is 0 Å². The Hall–Kier alpha value is -2.49. The standard InChI is InChI=1S/C26H30O4/c1-26-13-12-18-19(9-8-17-14-22(27)23(29-2)15-20(17)18)21(26)10-11-24(26)30-25(28)16-6-4-3-5-7-16/h3-7,14-15,18-19,21,24,27H,8-13H2,1-2H3/t18-,19+,21-,24-,26-/m0/s1. The third-order valence-electron chi connectivity index (χ3n) is 8.20. The number of carbonyl (C=O) groups excluding carboxylic acids is 1. The van der Waals surface area contributed by atoms with Crippen LogP contribution in [0.5, 0.6) is 11.5 Å². The van der Waals surface area contributed by atoms with Gasteiger partial charge < -0.3 is 14.6 Å². The molecule has 0 amide bonds. The highest BCUT2D eigenvalue weighted by Crippen LogP contribution is 2.62. The average molecular weight is 407 g/mol. The molecule has 2 fully saturated rings. The van der Waals surface area contributed by atoms with Gasteiger partial charge in [0.05, 0.1) is 12.7 Å². The number of hydrogen-bond acceptors (Lipinski definition) is 4. The highest BCUT2D eigenvalue weighted by atomic mass is 16.5. The summed E-state index contributed by atoms with van der Waals surface area (Å²) in [6.45, 7) is 2.34. The zero-order valence-corrected chi connectivity index (χ0v) is 17.8. The molecule has 30 heavy (non-hydrogen) atoms. The first kappa shape index (κ1) is 19.5. The van der Waals surface area contributed by atoms with Gasteiger partial charge >= 0.3 is 5.97 Å². The molecule has 2 saturated carbocycles. The van der Waals surface area contributed by atoms with E-state index in [4.69, 9.17) is 9.47 Å². The first-order chi connectivity index (χ1) is 14.5. The van der Waals surface area contributed by atoms with E-state index in [0.29, 0.717) is 29.1 Å². The summed E-state index contributed by atoms with van der Waals surface area (Å²) in [4.78, 5) is 12.7. The van der Waals surface area contributed by atoms with Gasteiger partial charge in [0.2, 0.25) is 0 Å². The van der Waals surface area contributed by atoms with Crippen LogP contribution in [0.2, 0.25) is 0 Å². The van der Waals surface area contributed by atoms with Crippen molar-refractivity contribution in [2.45, 2.75) is 57.5 Å². The van der Waals surface area contributed by atoms with Crippen molar-refractivity contribution in [2.75, 3.05) is 7.11 Å². The number of fused-ring (bicyclic) bond motifs is 5. The van der Waals surface area contributed by atoms with Gasteiger partial charge in [-0.2, -0.15) is 0 Å². The fourth-order valence-electron chi connectivity index (χ4n) is 6.67. The van der Waals surface area contributed by atoms with Crippen molar-refractivity contribution in [1.82, 2.24) is 0 Å². The van der Waals surface area contributed by atoms with Crippen LogP contribution in [0.4, 0.5) is 0 Å². The summed E-state index contributed by atoms with van der Waals surface area (Å²) >= 11 is 0. The van der Waals surface area contributed by atoms with E-state index in [0.717, 1.165) is 38.5 Å². The van der Waals surface area contributed by atoms with Crippen LogP contribution in [0.3, 0.4) is 0 Å². The molecule has 158 valence electrons. The summed E-state index contributed by atoms with van der Waals surface area (Å²) in [5, 5.41) is 10.2. The molecule has 4 heteroatoms. The second kappa shape index (κ2) is 7.33. The Morgan fingerprint density at radius 2 is 1.90 bits per heavy atom. The van der Waals surface area contributed by atoms with E-state index in [-0.39, 0.29) is 23.2 Å². The van der Waals surface area contributed by atoms with Crippen molar-refractivity contribution in [1.29, 1.82) is 0 Å². The van der Waals surface area contributed by atoms with E-state index < -0.39 is 0 Å². The molecule has 0 spiro atoms. The van der Waals surface area contributed by atoms with Gasteiger partial charge in [-0.15, -0.1) is 0 Å². The van der Waals surface area contributed by atoms with Gasteiger partial charge in [-0.3, -0.25) is 0 Å². The van der Waals surface area contributed by atoms with E-state index in [1.807, 2.05) is 36.4 Å². The molecule has 0 radical (unpaired) electrons. The molecule has 0 bridgehead atoms. The van der Waals surface area contributed by atoms with E-state index in [1.54, 1.807) is 7.11 Å². The molecule has 0 unspecified atom stereocenters. The van der Waals surface area contributed by atoms with Crippen molar-refractivity contribution in [3.05, 3.63) is 59.2 Å². The second-order valence-corrected chi connectivity index (χ2v) is 9.52. The third kappa shape index (κ3) is 3.00. The minimum absolute atomic E-state index is 0.00749. The lowest BCUT2D eigenvalue weighted by Gasteiger charge is -2.50. The van der Waals surface area contributed by atoms with Gasteiger partial charge in [0.25, 0.3) is 0 Å². The first-order valence-electron chi connectivity index (χ1n) is 11.2. The third-order valence-corrected chi connectivity index (χ3v) is 8.20. The Kier molecular flexibility index (Phi) is 4.76. The molecule has 2 aromatic rings. The summed E-state index contributed by atoms with van der Waals surface area (Å²) in [6.07, 6.45) is 6.36. The number of aryl methyl sites for hydroxylation is 1. The smallest absolute Gasteiger partial charge is 0.338 e. The summed E-state index contributed by atoms with van der Waals surface area (Å²) in [7, 11) is 1.61. The van der Waals surface area contributed by atoms with Crippen LogP contribution in [0, 0.1) is 17.3 Å². The van der Waals surface area contributed by atoms with Crippen LogP contribution in [0.15, 0.2) is 42.5 Å². The molecule has 0 heterocycles. The largest absolute Gasteiger partial charge is 0.504 e. The van der Waals surface area contributed by atoms with Crippen molar-refractivity contribution in [3.63, 3.8) is 0 Å². The zero-order valence-electron chi connectivity index (χ0n) is 17.8. The molecule has 0 aliphatic heterocycles. The molecular formula is C26H30O4. The number of methoxy groups -OCH3 is 1. The van der Waals surface area contributed by atoms with Gasteiger partial charge in [0.1, 0.15) is 6.10 Å². The van der Waals surface area contributed by atoms with Crippen LogP contribution in [0.25, 0.3) is 0 Å². The van der Waals surface area contributed by atoms with Gasteiger partial charge in [0, 0.05) is 5.41 Å². The van der Waals surface area contributed by atoms with Crippen molar-refractivity contribution >= 4 is 5.97 Å². The molecular weight excluding hydrogens is 376 g/mol. The Balaban J connectivity index is 1.38. The molecule has 5 atom stereocenters. The Morgan fingerprint density at radius 1 is 1.10 bits per heavy atom. The van der Waals surface area contributed by atoms with E-state index in [9.17, 15) is 9.90 Å². The maximum Gasteiger partial charge on any atom is 0.338 e. The quantitative estimate of drug-likeness (QED) is 0.686. The van der Waals surface area contributed by atoms with Crippen molar-refractivity contribution in [3.8, 4) is 11.5 Å². The number of ether oxygens (including phenoxy) is 2. The number of hydrogen-bond donors (Lipinski definition) is 1. The number of carbonyl (C=O) groups is 1. The summed E-state index contributed by atoms with van der Waals surface area (Å²) in [5.74, 6) is 2.29. The van der Waals surface area contributed by atoms with E-state index >= 15 is 0 Å². The van der Waals surface area contributed by atoms with Crippen LogP contribution in [-0.2, 0) is 11.2 Å².